The number of hydrogen-bond donors (Lipinski definition) is 1. The van der Waals surface area contributed by atoms with Gasteiger partial charge in [0.05, 0.1) is 18.6 Å². The van der Waals surface area contributed by atoms with Crippen LogP contribution in [0, 0.1) is 0 Å². The van der Waals surface area contributed by atoms with Gasteiger partial charge in [0.25, 0.3) is 0 Å². The maximum atomic E-state index is 12.9. The smallest absolute Gasteiger partial charge is 0.345 e. The highest BCUT2D eigenvalue weighted by Gasteiger charge is 2.53. The number of hydrogen-bond acceptors (Lipinski definition) is 4. The van der Waals surface area contributed by atoms with E-state index in [1.54, 1.807) is 16.3 Å². The van der Waals surface area contributed by atoms with Gasteiger partial charge in [0.1, 0.15) is 11.6 Å². The SMILES string of the molecule is CCOc1ccc(-c2cccc(CCCc3nn(Cc4ccc(C(C)(C)C)cc4)c(=O)n3C)c2)cc1C1(C(=O)O)CC1. The summed E-state index contributed by atoms with van der Waals surface area (Å²) in [5, 5.41) is 14.6. The Kier molecular flexibility index (Phi) is 8.13. The molecule has 0 atom stereocenters. The Bertz CT molecular complexity index is 1640. The average molecular weight is 568 g/mol. The highest BCUT2D eigenvalue weighted by molar-refractivity contribution is 5.87. The van der Waals surface area contributed by atoms with E-state index in [4.69, 9.17) is 4.74 Å². The molecule has 42 heavy (non-hydrogen) atoms. The molecule has 1 N–H and O–H groups in total. The topological polar surface area (TPSA) is 86.4 Å². The zero-order valence-electron chi connectivity index (χ0n) is 25.3. The lowest BCUT2D eigenvalue weighted by Gasteiger charge is -2.19. The Morgan fingerprint density at radius 1 is 0.976 bits per heavy atom. The van der Waals surface area contributed by atoms with Crippen LogP contribution in [-0.4, -0.2) is 32.0 Å². The van der Waals surface area contributed by atoms with Gasteiger partial charge in [-0.3, -0.25) is 9.36 Å². The molecule has 1 aliphatic carbocycles. The molecule has 0 aliphatic heterocycles. The molecular formula is C35H41N3O4. The normalized spacial score (nSPS) is 14.1. The standard InChI is InChI=1S/C35H41N3O4/c1-6-42-30-18-15-27(22-29(30)35(19-20-35)32(39)40)26-11-7-9-24(21-26)10-8-12-31-36-38(33(41)37(31)5)23-25-13-16-28(17-14-25)34(2,3)4/h7,9,11,13-18,21-22H,6,8,10,12,19-20,23H2,1-5H3,(H,39,40). The molecule has 3 aromatic carbocycles. The number of benzene rings is 3. The van der Waals surface area contributed by atoms with Crippen molar-refractivity contribution in [3.63, 3.8) is 0 Å². The first-order valence-electron chi connectivity index (χ1n) is 14.8. The van der Waals surface area contributed by atoms with E-state index in [-0.39, 0.29) is 11.1 Å². The van der Waals surface area contributed by atoms with Crippen LogP contribution in [0.4, 0.5) is 0 Å². The largest absolute Gasteiger partial charge is 0.494 e. The summed E-state index contributed by atoms with van der Waals surface area (Å²) in [7, 11) is 1.79. The van der Waals surface area contributed by atoms with E-state index in [0.29, 0.717) is 38.2 Å². The maximum Gasteiger partial charge on any atom is 0.345 e. The number of carbonyl (C=O) groups is 1. The number of rotatable bonds is 11. The summed E-state index contributed by atoms with van der Waals surface area (Å²) >= 11 is 0. The summed E-state index contributed by atoms with van der Waals surface area (Å²) in [6, 6.07) is 22.7. The zero-order chi connectivity index (χ0) is 30.1. The molecule has 0 unspecified atom stereocenters. The molecule has 0 spiro atoms. The fraction of sp³-hybridized carbons (Fsp3) is 0.400. The lowest BCUT2D eigenvalue weighted by atomic mass is 9.87. The molecule has 0 bridgehead atoms. The number of aromatic nitrogens is 3. The second kappa shape index (κ2) is 11.6. The summed E-state index contributed by atoms with van der Waals surface area (Å²) in [4.78, 5) is 25.0. The first-order valence-corrected chi connectivity index (χ1v) is 14.8. The van der Waals surface area contributed by atoms with E-state index < -0.39 is 11.4 Å². The van der Waals surface area contributed by atoms with Crippen molar-refractivity contribution in [1.29, 1.82) is 0 Å². The summed E-state index contributed by atoms with van der Waals surface area (Å²) in [6.45, 7) is 9.42. The van der Waals surface area contributed by atoms with Crippen molar-refractivity contribution >= 4 is 5.97 Å². The van der Waals surface area contributed by atoms with E-state index >= 15 is 0 Å². The van der Waals surface area contributed by atoms with E-state index in [1.165, 1.54) is 11.1 Å². The Hall–Kier alpha value is -4.13. The molecule has 0 saturated heterocycles. The molecule has 1 saturated carbocycles. The predicted octanol–water partition coefficient (Wildman–Crippen LogP) is 6.28. The Morgan fingerprint density at radius 2 is 1.69 bits per heavy atom. The van der Waals surface area contributed by atoms with Crippen molar-refractivity contribution in [2.45, 2.75) is 77.2 Å². The van der Waals surface area contributed by atoms with Crippen molar-refractivity contribution in [2.24, 2.45) is 7.05 Å². The molecule has 0 radical (unpaired) electrons. The van der Waals surface area contributed by atoms with Crippen LogP contribution in [0.3, 0.4) is 0 Å². The minimum atomic E-state index is -0.840. The molecule has 7 nitrogen and oxygen atoms in total. The molecule has 0 amide bonds. The molecule has 1 aliphatic rings. The van der Waals surface area contributed by atoms with Gasteiger partial charge in [0, 0.05) is 19.0 Å². The van der Waals surface area contributed by atoms with E-state index in [0.717, 1.165) is 40.9 Å². The van der Waals surface area contributed by atoms with Gasteiger partial charge >= 0.3 is 11.7 Å². The monoisotopic (exact) mass is 567 g/mol. The van der Waals surface area contributed by atoms with Gasteiger partial charge in [-0.1, -0.05) is 75.4 Å². The van der Waals surface area contributed by atoms with Gasteiger partial charge in [-0.15, -0.1) is 0 Å². The van der Waals surface area contributed by atoms with Gasteiger partial charge < -0.3 is 9.84 Å². The lowest BCUT2D eigenvalue weighted by Crippen LogP contribution is -2.24. The Morgan fingerprint density at radius 3 is 2.33 bits per heavy atom. The molecule has 1 fully saturated rings. The van der Waals surface area contributed by atoms with Crippen molar-refractivity contribution in [3.8, 4) is 16.9 Å². The van der Waals surface area contributed by atoms with Crippen LogP contribution in [0.2, 0.25) is 0 Å². The number of nitrogens with zero attached hydrogens (tertiary/aromatic N) is 3. The second-order valence-corrected chi connectivity index (χ2v) is 12.4. The summed E-state index contributed by atoms with van der Waals surface area (Å²) in [5.41, 5.74) is 5.45. The first kappa shape index (κ1) is 29.4. The molecular weight excluding hydrogens is 526 g/mol. The number of carboxylic acids is 1. The Balaban J connectivity index is 1.26. The third kappa shape index (κ3) is 6.06. The minimum Gasteiger partial charge on any atom is -0.494 e. The minimum absolute atomic E-state index is 0.0873. The molecule has 7 heteroatoms. The maximum absolute atomic E-state index is 12.9. The third-order valence-corrected chi connectivity index (χ3v) is 8.36. The third-order valence-electron chi connectivity index (χ3n) is 8.36. The summed E-state index contributed by atoms with van der Waals surface area (Å²) in [5.74, 6) is 0.649. The van der Waals surface area contributed by atoms with Crippen LogP contribution in [-0.2, 0) is 42.1 Å². The van der Waals surface area contributed by atoms with E-state index in [2.05, 4.69) is 68.3 Å². The quantitative estimate of drug-likeness (QED) is 0.230. The number of aryl methyl sites for hydroxylation is 2. The van der Waals surface area contributed by atoms with Gasteiger partial charge in [0.2, 0.25) is 0 Å². The molecule has 220 valence electrons. The summed E-state index contributed by atoms with van der Waals surface area (Å²) < 4.78 is 9.00. The van der Waals surface area contributed by atoms with Crippen LogP contribution in [0.5, 0.6) is 5.75 Å². The predicted molar refractivity (Wildman–Crippen MR) is 165 cm³/mol. The van der Waals surface area contributed by atoms with Crippen LogP contribution >= 0.6 is 0 Å². The molecule has 5 rings (SSSR count). The van der Waals surface area contributed by atoms with Crippen molar-refractivity contribution in [3.05, 3.63) is 105 Å². The second-order valence-electron chi connectivity index (χ2n) is 12.4. The Labute approximate surface area is 247 Å². The van der Waals surface area contributed by atoms with Crippen molar-refractivity contribution < 1.29 is 14.6 Å². The fourth-order valence-corrected chi connectivity index (χ4v) is 5.58. The highest BCUT2D eigenvalue weighted by Crippen LogP contribution is 2.52. The van der Waals surface area contributed by atoms with Crippen molar-refractivity contribution in [1.82, 2.24) is 14.3 Å². The number of aliphatic carboxylic acids is 1. The number of carboxylic acid groups (broad SMARTS) is 1. The lowest BCUT2D eigenvalue weighted by molar-refractivity contribution is -0.140. The molecule has 1 heterocycles. The molecule has 4 aromatic rings. The van der Waals surface area contributed by atoms with Gasteiger partial charge in [0.15, 0.2) is 0 Å². The zero-order valence-corrected chi connectivity index (χ0v) is 25.3. The van der Waals surface area contributed by atoms with Gasteiger partial charge in [-0.2, -0.15) is 5.10 Å². The van der Waals surface area contributed by atoms with Crippen molar-refractivity contribution in [2.75, 3.05) is 6.61 Å². The van der Waals surface area contributed by atoms with Crippen LogP contribution < -0.4 is 10.4 Å². The van der Waals surface area contributed by atoms with Crippen LogP contribution in [0.25, 0.3) is 11.1 Å². The van der Waals surface area contributed by atoms with E-state index in [1.807, 2.05) is 31.2 Å². The first-order chi connectivity index (χ1) is 20.0. The average Bonchev–Trinajstić information content (AvgIpc) is 3.73. The van der Waals surface area contributed by atoms with Gasteiger partial charge in [-0.25, -0.2) is 9.48 Å². The summed E-state index contributed by atoms with van der Waals surface area (Å²) in [6.07, 6.45) is 3.65. The van der Waals surface area contributed by atoms with Crippen LogP contribution in [0.1, 0.15) is 75.0 Å². The fourth-order valence-electron chi connectivity index (χ4n) is 5.58. The number of ether oxygens (including phenoxy) is 1. The van der Waals surface area contributed by atoms with Gasteiger partial charge in [-0.05, 0) is 78.0 Å². The highest BCUT2D eigenvalue weighted by atomic mass is 16.5. The van der Waals surface area contributed by atoms with E-state index in [9.17, 15) is 14.7 Å². The van der Waals surface area contributed by atoms with Crippen LogP contribution in [0.15, 0.2) is 71.5 Å². The molecule has 1 aromatic heterocycles.